The molecule has 0 fully saturated rings. The molecule has 0 heterocycles. The number of carbonyl (C=O) groups excluding carboxylic acids is 2. The molecule has 0 aliphatic heterocycles. The summed E-state index contributed by atoms with van der Waals surface area (Å²) in [6, 6.07) is 0. The summed E-state index contributed by atoms with van der Waals surface area (Å²) in [5.41, 5.74) is -0.466. The average Bonchev–Trinajstić information content (AvgIpc) is 2.14. The van der Waals surface area contributed by atoms with Crippen LogP contribution in [-0.2, 0) is 19.1 Å². The smallest absolute Gasteiger partial charge is 0.330 e. The van der Waals surface area contributed by atoms with Gasteiger partial charge in [0.1, 0.15) is 5.60 Å². The fourth-order valence-corrected chi connectivity index (χ4v) is 1.11. The maximum absolute atomic E-state index is 11.3. The lowest BCUT2D eigenvalue weighted by atomic mass is 10.2. The molecule has 0 aromatic carbocycles. The van der Waals surface area contributed by atoms with Crippen molar-refractivity contribution in [1.82, 2.24) is 0 Å². The van der Waals surface area contributed by atoms with Crippen LogP contribution in [0.1, 0.15) is 47.0 Å². The van der Waals surface area contributed by atoms with Crippen LogP contribution >= 0.6 is 0 Å². The first-order valence-corrected chi connectivity index (χ1v) is 5.90. The Morgan fingerprint density at radius 2 is 1.88 bits per heavy atom. The molecule has 0 unspecified atom stereocenters. The Kier molecular flexibility index (Phi) is 7.26. The van der Waals surface area contributed by atoms with Gasteiger partial charge in [-0.15, -0.1) is 0 Å². The molecule has 0 spiro atoms. The van der Waals surface area contributed by atoms with Crippen LogP contribution < -0.4 is 0 Å². The maximum Gasteiger partial charge on any atom is 0.330 e. The fourth-order valence-electron chi connectivity index (χ4n) is 1.11. The zero-order valence-electron chi connectivity index (χ0n) is 11.1. The summed E-state index contributed by atoms with van der Waals surface area (Å²) in [4.78, 5) is 22.2. The van der Waals surface area contributed by atoms with Crippen LogP contribution in [-0.4, -0.2) is 24.1 Å². The van der Waals surface area contributed by atoms with Crippen molar-refractivity contribution in [3.05, 3.63) is 12.2 Å². The van der Waals surface area contributed by atoms with Crippen molar-refractivity contribution in [1.29, 1.82) is 0 Å². The van der Waals surface area contributed by atoms with Gasteiger partial charge in [0.15, 0.2) is 0 Å². The molecule has 0 N–H and O–H groups in total. The van der Waals surface area contributed by atoms with E-state index in [1.807, 2.05) is 20.8 Å². The molecule has 4 nitrogen and oxygen atoms in total. The van der Waals surface area contributed by atoms with Crippen molar-refractivity contribution >= 4 is 11.9 Å². The van der Waals surface area contributed by atoms with Gasteiger partial charge in [-0.1, -0.05) is 6.08 Å². The van der Waals surface area contributed by atoms with Crippen LogP contribution in [0, 0.1) is 0 Å². The number of allylic oxidation sites excluding steroid dienone is 1. The highest BCUT2D eigenvalue weighted by Gasteiger charge is 2.13. The number of unbranched alkanes of at least 4 members (excludes halogenated alkanes) is 1. The summed E-state index contributed by atoms with van der Waals surface area (Å²) in [5.74, 6) is -0.549. The lowest BCUT2D eigenvalue weighted by molar-refractivity contribution is -0.148. The van der Waals surface area contributed by atoms with Gasteiger partial charge in [-0.05, 0) is 40.5 Å². The molecule has 0 aromatic heterocycles. The molecule has 0 aliphatic rings. The third kappa shape index (κ3) is 11.0. The van der Waals surface area contributed by atoms with Crippen LogP contribution in [0.3, 0.4) is 0 Å². The quantitative estimate of drug-likeness (QED) is 0.408. The number of carbonyl (C=O) groups is 2. The average molecular weight is 242 g/mol. The van der Waals surface area contributed by atoms with Crippen molar-refractivity contribution in [3.63, 3.8) is 0 Å². The van der Waals surface area contributed by atoms with E-state index >= 15 is 0 Å². The van der Waals surface area contributed by atoms with Gasteiger partial charge in [-0.25, -0.2) is 4.79 Å². The van der Waals surface area contributed by atoms with Crippen molar-refractivity contribution in [2.24, 2.45) is 0 Å². The van der Waals surface area contributed by atoms with E-state index < -0.39 is 5.60 Å². The van der Waals surface area contributed by atoms with Crippen molar-refractivity contribution in [3.8, 4) is 0 Å². The van der Waals surface area contributed by atoms with Gasteiger partial charge in [0.25, 0.3) is 0 Å². The highest BCUT2D eigenvalue weighted by atomic mass is 16.6. The molecule has 98 valence electrons. The molecule has 0 atom stereocenters. The number of ether oxygens (including phenoxy) is 2. The predicted molar refractivity (Wildman–Crippen MR) is 65.5 cm³/mol. The molecule has 17 heavy (non-hydrogen) atoms. The van der Waals surface area contributed by atoms with Gasteiger partial charge in [-0.2, -0.15) is 0 Å². The van der Waals surface area contributed by atoms with Crippen molar-refractivity contribution in [2.45, 2.75) is 52.6 Å². The highest BCUT2D eigenvalue weighted by Crippen LogP contribution is 2.07. The summed E-state index contributed by atoms with van der Waals surface area (Å²) in [6.07, 6.45) is 4.84. The van der Waals surface area contributed by atoms with Crippen LogP contribution in [0.25, 0.3) is 0 Å². The Bertz CT molecular complexity index is 274. The molecular weight excluding hydrogens is 220 g/mol. The van der Waals surface area contributed by atoms with E-state index in [0.29, 0.717) is 25.9 Å². The molecule has 0 radical (unpaired) electrons. The zero-order chi connectivity index (χ0) is 13.3. The largest absolute Gasteiger partial charge is 0.466 e. The Hall–Kier alpha value is -1.32. The summed E-state index contributed by atoms with van der Waals surface area (Å²) < 4.78 is 9.87. The van der Waals surface area contributed by atoms with E-state index in [2.05, 4.69) is 0 Å². The molecule has 0 rings (SSSR count). The SMILES string of the molecule is CCOC(=O)CCCC=CC(=O)OC(C)(C)C. The molecule has 0 aromatic rings. The molecule has 0 saturated carbocycles. The van der Waals surface area contributed by atoms with Gasteiger partial charge in [0, 0.05) is 12.5 Å². The number of hydrogen-bond donors (Lipinski definition) is 0. The van der Waals surface area contributed by atoms with Crippen molar-refractivity contribution in [2.75, 3.05) is 6.61 Å². The molecular formula is C13H22O4. The van der Waals surface area contributed by atoms with E-state index in [-0.39, 0.29) is 11.9 Å². The zero-order valence-corrected chi connectivity index (χ0v) is 11.1. The first-order valence-electron chi connectivity index (χ1n) is 5.90. The highest BCUT2D eigenvalue weighted by molar-refractivity contribution is 5.82. The predicted octanol–water partition coefficient (Wildman–Crippen LogP) is 2.62. The second-order valence-corrected chi connectivity index (χ2v) is 4.63. The summed E-state index contributed by atoms with van der Waals surface area (Å²) in [6.45, 7) is 7.64. The van der Waals surface area contributed by atoms with Gasteiger partial charge >= 0.3 is 11.9 Å². The normalized spacial score (nSPS) is 11.5. The number of esters is 2. The van der Waals surface area contributed by atoms with Crippen LogP contribution in [0.5, 0.6) is 0 Å². The maximum atomic E-state index is 11.3. The Morgan fingerprint density at radius 1 is 1.24 bits per heavy atom. The first-order chi connectivity index (χ1) is 7.85. The summed E-state index contributed by atoms with van der Waals surface area (Å²) in [5, 5.41) is 0. The van der Waals surface area contributed by atoms with E-state index in [0.717, 1.165) is 0 Å². The molecule has 0 amide bonds. The first kappa shape index (κ1) is 15.7. The summed E-state index contributed by atoms with van der Waals surface area (Å²) >= 11 is 0. The van der Waals surface area contributed by atoms with Gasteiger partial charge in [0.05, 0.1) is 6.61 Å². The Labute approximate surface area is 103 Å². The van der Waals surface area contributed by atoms with E-state index in [4.69, 9.17) is 9.47 Å². The summed E-state index contributed by atoms with van der Waals surface area (Å²) in [7, 11) is 0. The minimum atomic E-state index is -0.466. The van der Waals surface area contributed by atoms with Crippen LogP contribution in [0.4, 0.5) is 0 Å². The minimum Gasteiger partial charge on any atom is -0.466 e. The van der Waals surface area contributed by atoms with Crippen molar-refractivity contribution < 1.29 is 19.1 Å². The molecule has 0 bridgehead atoms. The van der Waals surface area contributed by atoms with Gasteiger partial charge in [0.2, 0.25) is 0 Å². The monoisotopic (exact) mass is 242 g/mol. The van der Waals surface area contributed by atoms with E-state index in [1.165, 1.54) is 6.08 Å². The molecule has 0 aliphatic carbocycles. The minimum absolute atomic E-state index is 0.196. The van der Waals surface area contributed by atoms with Crippen LogP contribution in [0.15, 0.2) is 12.2 Å². The van der Waals surface area contributed by atoms with Crippen LogP contribution in [0.2, 0.25) is 0 Å². The third-order valence-electron chi connectivity index (χ3n) is 1.72. The lowest BCUT2D eigenvalue weighted by Gasteiger charge is -2.17. The second-order valence-electron chi connectivity index (χ2n) is 4.63. The molecule has 0 saturated heterocycles. The number of rotatable bonds is 6. The number of hydrogen-bond acceptors (Lipinski definition) is 4. The Balaban J connectivity index is 3.67. The Morgan fingerprint density at radius 3 is 2.41 bits per heavy atom. The van der Waals surface area contributed by atoms with Gasteiger partial charge < -0.3 is 9.47 Å². The fraction of sp³-hybridized carbons (Fsp3) is 0.692. The third-order valence-corrected chi connectivity index (χ3v) is 1.72. The van der Waals surface area contributed by atoms with E-state index in [9.17, 15) is 9.59 Å². The lowest BCUT2D eigenvalue weighted by Crippen LogP contribution is -2.22. The topological polar surface area (TPSA) is 52.6 Å². The standard InChI is InChI=1S/C13H22O4/c1-5-16-11(14)9-7-6-8-10-12(15)17-13(2,3)4/h8,10H,5-7,9H2,1-4H3. The molecule has 4 heteroatoms. The van der Waals surface area contributed by atoms with E-state index in [1.54, 1.807) is 13.0 Å². The van der Waals surface area contributed by atoms with Gasteiger partial charge in [-0.3, -0.25) is 4.79 Å². The second kappa shape index (κ2) is 7.87.